The molecule has 0 fully saturated rings. The van der Waals surface area contributed by atoms with Gasteiger partial charge in [0.15, 0.2) is 23.6 Å². The zero-order valence-electron chi connectivity index (χ0n) is 20.0. The van der Waals surface area contributed by atoms with Crippen LogP contribution < -0.4 is 0 Å². The fourth-order valence-corrected chi connectivity index (χ4v) is 4.79. The van der Waals surface area contributed by atoms with Gasteiger partial charge in [-0.3, -0.25) is 4.98 Å². The summed E-state index contributed by atoms with van der Waals surface area (Å²) in [5.41, 5.74) is -1.06. The molecule has 38 heavy (non-hydrogen) atoms. The molecule has 1 aromatic carbocycles. The number of carbonyl (C=O) groups is 1. The molecule has 0 saturated carbocycles. The molecule has 0 saturated heterocycles. The van der Waals surface area contributed by atoms with E-state index in [1.54, 1.807) is 12.3 Å². The van der Waals surface area contributed by atoms with Crippen LogP contribution in [-0.2, 0) is 20.8 Å². The smallest absolute Gasteiger partial charge is 0.332 e. The van der Waals surface area contributed by atoms with Crippen molar-refractivity contribution in [1.29, 1.82) is 0 Å². The zero-order valence-corrected chi connectivity index (χ0v) is 22.4. The number of hydrogen-bond donors (Lipinski definition) is 3. The molecule has 5 atom stereocenters. The molecule has 0 radical (unpaired) electrons. The second-order valence-electron chi connectivity index (χ2n) is 8.16. The summed E-state index contributed by atoms with van der Waals surface area (Å²) in [6, 6.07) is 3.26. The van der Waals surface area contributed by atoms with E-state index >= 15 is 0 Å². The van der Waals surface area contributed by atoms with E-state index in [0.717, 1.165) is 23.9 Å². The van der Waals surface area contributed by atoms with Gasteiger partial charge >= 0.3 is 5.97 Å². The van der Waals surface area contributed by atoms with Crippen LogP contribution in [0.1, 0.15) is 13.8 Å². The molecule has 0 amide bonds. The van der Waals surface area contributed by atoms with Crippen molar-refractivity contribution in [2.75, 3.05) is 6.61 Å². The first-order valence-electron chi connectivity index (χ1n) is 11.1. The van der Waals surface area contributed by atoms with Gasteiger partial charge < -0.3 is 24.8 Å². The summed E-state index contributed by atoms with van der Waals surface area (Å²) in [6.45, 7) is 2.03. The number of aliphatic hydroxyl groups excluding tert-OH is 2. The maximum Gasteiger partial charge on any atom is 0.332 e. The van der Waals surface area contributed by atoms with Gasteiger partial charge in [-0.2, -0.15) is 0 Å². The van der Waals surface area contributed by atoms with E-state index in [2.05, 4.69) is 31.2 Å². The van der Waals surface area contributed by atoms with Crippen molar-refractivity contribution >= 4 is 33.7 Å². The molecule has 0 aliphatic carbocycles. The number of aromatic nitrogens is 4. The third kappa shape index (κ3) is 7.97. The lowest BCUT2D eigenvalue weighted by molar-refractivity contribution is -0.162. The standard InChI is InChI=1S/C23H24BrF3N4O6S/c1-11(33)20(10-32)37-23(38-15-5-14(24)6-28-7-15)19(36-12(2)22(34)35)9-31-8-18(29-30-31)13-3-16(25)21(27)17(26)4-13/h3-8,11-12,19-20,23,32-33H,9-10H2,1-2H3,(H,34,35)/t11-,12?,19+,20?,23?/m1/s1. The van der Waals surface area contributed by atoms with Crippen LogP contribution >= 0.6 is 27.7 Å². The van der Waals surface area contributed by atoms with E-state index in [0.29, 0.717) is 9.37 Å². The van der Waals surface area contributed by atoms with E-state index < -0.39 is 59.9 Å². The molecule has 2 aromatic heterocycles. The summed E-state index contributed by atoms with van der Waals surface area (Å²) in [7, 11) is 0. The Kier molecular flexibility index (Phi) is 10.6. The van der Waals surface area contributed by atoms with Crippen molar-refractivity contribution in [3.63, 3.8) is 0 Å². The molecule has 3 unspecified atom stereocenters. The zero-order chi connectivity index (χ0) is 28.0. The number of hydrogen-bond acceptors (Lipinski definition) is 9. The highest BCUT2D eigenvalue weighted by atomic mass is 79.9. The van der Waals surface area contributed by atoms with E-state index in [9.17, 15) is 33.3 Å². The number of rotatable bonds is 13. The van der Waals surface area contributed by atoms with Crippen LogP contribution in [0.15, 0.2) is 46.2 Å². The quantitative estimate of drug-likeness (QED) is 0.148. The van der Waals surface area contributed by atoms with Crippen molar-refractivity contribution in [1.82, 2.24) is 20.0 Å². The Hall–Kier alpha value is -2.56. The topological polar surface area (TPSA) is 140 Å². The van der Waals surface area contributed by atoms with Gasteiger partial charge in [-0.15, -0.1) is 5.10 Å². The van der Waals surface area contributed by atoms with Gasteiger partial charge in [0, 0.05) is 27.3 Å². The fourth-order valence-electron chi connectivity index (χ4n) is 3.19. The summed E-state index contributed by atoms with van der Waals surface area (Å²) in [5, 5.41) is 37.0. The third-order valence-corrected chi connectivity index (χ3v) is 6.75. The van der Waals surface area contributed by atoms with Crippen molar-refractivity contribution in [3.05, 3.63) is 58.7 Å². The van der Waals surface area contributed by atoms with Crippen LogP contribution in [-0.4, -0.2) is 77.7 Å². The number of aliphatic carboxylic acids is 1. The molecule has 0 aliphatic rings. The fraction of sp³-hybridized carbons (Fsp3) is 0.391. The van der Waals surface area contributed by atoms with Crippen LogP contribution in [0, 0.1) is 17.5 Å². The largest absolute Gasteiger partial charge is 0.479 e. The molecular weight excluding hydrogens is 597 g/mol. The van der Waals surface area contributed by atoms with Gasteiger partial charge in [0.05, 0.1) is 25.5 Å². The van der Waals surface area contributed by atoms with Crippen LogP contribution in [0.3, 0.4) is 0 Å². The molecule has 15 heteroatoms. The minimum Gasteiger partial charge on any atom is -0.479 e. The molecule has 3 aromatic rings. The highest BCUT2D eigenvalue weighted by molar-refractivity contribution is 9.10. The van der Waals surface area contributed by atoms with Gasteiger partial charge in [0.2, 0.25) is 0 Å². The minimum absolute atomic E-state index is 0.0198. The van der Waals surface area contributed by atoms with Crippen LogP contribution in [0.2, 0.25) is 0 Å². The molecular formula is C23H24BrF3N4O6S. The Balaban J connectivity index is 1.95. The van der Waals surface area contributed by atoms with Crippen molar-refractivity contribution in [2.24, 2.45) is 0 Å². The van der Waals surface area contributed by atoms with Crippen LogP contribution in [0.4, 0.5) is 13.2 Å². The molecule has 10 nitrogen and oxygen atoms in total. The Bertz CT molecular complexity index is 1230. The number of ether oxygens (including phenoxy) is 2. The molecule has 0 bridgehead atoms. The molecule has 3 rings (SSSR count). The molecule has 3 N–H and O–H groups in total. The maximum atomic E-state index is 13.7. The normalized spacial score (nSPS) is 15.6. The van der Waals surface area contributed by atoms with Crippen molar-refractivity contribution < 1.29 is 42.8 Å². The van der Waals surface area contributed by atoms with Gasteiger partial charge in [-0.25, -0.2) is 22.6 Å². The van der Waals surface area contributed by atoms with Crippen molar-refractivity contribution in [3.8, 4) is 11.3 Å². The number of thioether (sulfide) groups is 1. The number of pyridine rings is 1. The van der Waals surface area contributed by atoms with E-state index in [-0.39, 0.29) is 17.8 Å². The summed E-state index contributed by atoms with van der Waals surface area (Å²) < 4.78 is 54.4. The first-order valence-corrected chi connectivity index (χ1v) is 12.8. The van der Waals surface area contributed by atoms with Gasteiger partial charge in [0.1, 0.15) is 23.3 Å². The molecule has 2 heterocycles. The van der Waals surface area contributed by atoms with Gasteiger partial charge in [-0.05, 0) is 48.0 Å². The van der Waals surface area contributed by atoms with E-state index in [1.807, 2.05) is 0 Å². The lowest BCUT2D eigenvalue weighted by Crippen LogP contribution is -2.42. The van der Waals surface area contributed by atoms with E-state index in [4.69, 9.17) is 9.47 Å². The second-order valence-corrected chi connectivity index (χ2v) is 10.2. The highest BCUT2D eigenvalue weighted by Gasteiger charge is 2.33. The average Bonchev–Trinajstić information content (AvgIpc) is 3.32. The summed E-state index contributed by atoms with van der Waals surface area (Å²) in [4.78, 5) is 16.3. The Morgan fingerprint density at radius 3 is 2.39 bits per heavy atom. The number of benzene rings is 1. The first-order chi connectivity index (χ1) is 18.0. The molecule has 0 spiro atoms. The summed E-state index contributed by atoms with van der Waals surface area (Å²) in [5.74, 6) is -5.67. The molecule has 206 valence electrons. The number of halogens is 4. The average molecular weight is 621 g/mol. The lowest BCUT2D eigenvalue weighted by atomic mass is 10.1. The number of nitrogens with zero attached hydrogens (tertiary/aromatic N) is 4. The SMILES string of the molecule is CC(O[C@@H](Cn1cc(-c2cc(F)c(F)c(F)c2)nn1)C(OC(CO)[C@@H](C)O)Sc1cncc(Br)c1)C(=O)O. The predicted octanol–water partition coefficient (Wildman–Crippen LogP) is 3.25. The summed E-state index contributed by atoms with van der Waals surface area (Å²) >= 11 is 4.42. The Labute approximate surface area is 227 Å². The Morgan fingerprint density at radius 2 is 1.82 bits per heavy atom. The molecule has 0 aliphatic heterocycles. The minimum atomic E-state index is -1.62. The lowest BCUT2D eigenvalue weighted by Gasteiger charge is -2.32. The van der Waals surface area contributed by atoms with Crippen LogP contribution in [0.25, 0.3) is 11.3 Å². The number of aliphatic hydroxyl groups is 2. The third-order valence-electron chi connectivity index (χ3n) is 5.17. The predicted molar refractivity (Wildman–Crippen MR) is 133 cm³/mol. The van der Waals surface area contributed by atoms with Gasteiger partial charge in [0.25, 0.3) is 0 Å². The highest BCUT2D eigenvalue weighted by Crippen LogP contribution is 2.32. The van der Waals surface area contributed by atoms with E-state index in [1.165, 1.54) is 30.9 Å². The Morgan fingerprint density at radius 1 is 1.13 bits per heavy atom. The number of carboxylic acids is 1. The maximum absolute atomic E-state index is 13.7. The monoisotopic (exact) mass is 620 g/mol. The van der Waals surface area contributed by atoms with Gasteiger partial charge in [-0.1, -0.05) is 17.0 Å². The number of carboxylic acid groups (broad SMARTS) is 1. The summed E-state index contributed by atoms with van der Waals surface area (Å²) in [6.07, 6.45) is -0.0775. The van der Waals surface area contributed by atoms with Crippen LogP contribution in [0.5, 0.6) is 0 Å². The second kappa shape index (κ2) is 13.5. The first kappa shape index (κ1) is 30.0. The van der Waals surface area contributed by atoms with Crippen molar-refractivity contribution in [2.45, 2.75) is 55.1 Å².